The van der Waals surface area contributed by atoms with E-state index in [2.05, 4.69) is 4.98 Å². The smallest absolute Gasteiger partial charge is 0.336 e. The lowest BCUT2D eigenvalue weighted by molar-refractivity contribution is 0.0697. The fourth-order valence-electron chi connectivity index (χ4n) is 2.66. The summed E-state index contributed by atoms with van der Waals surface area (Å²) >= 11 is 0. The van der Waals surface area contributed by atoms with Crippen LogP contribution in [0.25, 0.3) is 10.9 Å². The molecule has 0 fully saturated rings. The topological polar surface area (TPSA) is 70.4 Å². The quantitative estimate of drug-likeness (QED) is 0.807. The average molecular weight is 243 g/mol. The van der Waals surface area contributed by atoms with E-state index in [9.17, 15) is 15.0 Å². The Hall–Kier alpha value is -2.10. The van der Waals surface area contributed by atoms with Gasteiger partial charge in [-0.05, 0) is 49.4 Å². The van der Waals surface area contributed by atoms with Gasteiger partial charge >= 0.3 is 5.97 Å². The fraction of sp³-hybridized carbons (Fsp3) is 0.286. The second-order valence-corrected chi connectivity index (χ2v) is 4.63. The molecule has 18 heavy (non-hydrogen) atoms. The van der Waals surface area contributed by atoms with Crippen LogP contribution in [0.15, 0.2) is 18.2 Å². The molecule has 3 rings (SSSR count). The molecule has 0 amide bonds. The number of benzene rings is 1. The van der Waals surface area contributed by atoms with Crippen LogP contribution in [0.5, 0.6) is 5.75 Å². The van der Waals surface area contributed by atoms with E-state index in [0.29, 0.717) is 16.5 Å². The van der Waals surface area contributed by atoms with Gasteiger partial charge in [-0.3, -0.25) is 4.98 Å². The number of hydrogen-bond donors (Lipinski definition) is 2. The molecule has 0 aliphatic heterocycles. The first kappa shape index (κ1) is 11.0. The number of carboxylic acid groups (broad SMARTS) is 1. The third kappa shape index (κ3) is 1.61. The number of phenolic OH excluding ortho intramolecular Hbond substituents is 1. The second-order valence-electron chi connectivity index (χ2n) is 4.63. The summed E-state index contributed by atoms with van der Waals surface area (Å²) < 4.78 is 0. The van der Waals surface area contributed by atoms with Crippen LogP contribution in [-0.2, 0) is 12.8 Å². The monoisotopic (exact) mass is 243 g/mol. The molecule has 0 bridgehead atoms. The Kier molecular flexibility index (Phi) is 2.44. The third-order valence-corrected chi connectivity index (χ3v) is 3.46. The Morgan fingerprint density at radius 1 is 1.22 bits per heavy atom. The zero-order valence-electron chi connectivity index (χ0n) is 9.81. The Bertz CT molecular complexity index is 649. The zero-order valence-corrected chi connectivity index (χ0v) is 9.81. The SMILES string of the molecule is O=C(O)c1c2c(nc3ccc(O)cc13)CCCC2. The van der Waals surface area contributed by atoms with Crippen molar-refractivity contribution in [3.05, 3.63) is 35.0 Å². The highest BCUT2D eigenvalue weighted by molar-refractivity contribution is 6.04. The number of carbonyl (C=O) groups is 1. The van der Waals surface area contributed by atoms with E-state index in [1.165, 1.54) is 12.1 Å². The summed E-state index contributed by atoms with van der Waals surface area (Å²) in [6, 6.07) is 4.70. The lowest BCUT2D eigenvalue weighted by Gasteiger charge is -2.18. The highest BCUT2D eigenvalue weighted by Gasteiger charge is 2.22. The average Bonchev–Trinajstić information content (AvgIpc) is 2.35. The van der Waals surface area contributed by atoms with Crippen molar-refractivity contribution in [1.29, 1.82) is 0 Å². The molecule has 1 aliphatic rings. The highest BCUT2D eigenvalue weighted by atomic mass is 16.4. The summed E-state index contributed by atoms with van der Waals surface area (Å²) in [5.74, 6) is -0.867. The van der Waals surface area contributed by atoms with Crippen LogP contribution in [0.2, 0.25) is 0 Å². The van der Waals surface area contributed by atoms with Gasteiger partial charge < -0.3 is 10.2 Å². The van der Waals surface area contributed by atoms with Gasteiger partial charge in [0.15, 0.2) is 0 Å². The van der Waals surface area contributed by atoms with Gasteiger partial charge in [0.2, 0.25) is 0 Å². The van der Waals surface area contributed by atoms with Gasteiger partial charge in [0.25, 0.3) is 0 Å². The van der Waals surface area contributed by atoms with E-state index in [4.69, 9.17) is 0 Å². The molecule has 2 N–H and O–H groups in total. The molecule has 0 atom stereocenters. The predicted molar refractivity (Wildman–Crippen MR) is 67.0 cm³/mol. The minimum atomic E-state index is -0.939. The molecule has 92 valence electrons. The third-order valence-electron chi connectivity index (χ3n) is 3.46. The molecular weight excluding hydrogens is 230 g/mol. The Balaban J connectivity index is 2.41. The van der Waals surface area contributed by atoms with Crippen molar-refractivity contribution in [2.24, 2.45) is 0 Å². The van der Waals surface area contributed by atoms with Crippen LogP contribution < -0.4 is 0 Å². The summed E-state index contributed by atoms with van der Waals surface area (Å²) in [4.78, 5) is 16.0. The predicted octanol–water partition coefficient (Wildman–Crippen LogP) is 2.52. The normalized spacial score (nSPS) is 14.4. The van der Waals surface area contributed by atoms with Crippen LogP contribution in [0.4, 0.5) is 0 Å². The molecule has 0 unspecified atom stereocenters. The summed E-state index contributed by atoms with van der Waals surface area (Å²) in [5, 5.41) is 19.5. The number of aryl methyl sites for hydroxylation is 1. The number of rotatable bonds is 1. The first-order chi connectivity index (χ1) is 8.66. The number of aromatic nitrogens is 1. The minimum Gasteiger partial charge on any atom is -0.508 e. The van der Waals surface area contributed by atoms with E-state index >= 15 is 0 Å². The van der Waals surface area contributed by atoms with Crippen LogP contribution in [-0.4, -0.2) is 21.2 Å². The lowest BCUT2D eigenvalue weighted by atomic mass is 9.90. The molecule has 4 nitrogen and oxygen atoms in total. The summed E-state index contributed by atoms with van der Waals surface area (Å²) in [5.41, 5.74) is 2.69. The maximum absolute atomic E-state index is 11.5. The summed E-state index contributed by atoms with van der Waals surface area (Å²) in [6.45, 7) is 0. The van der Waals surface area contributed by atoms with Crippen molar-refractivity contribution < 1.29 is 15.0 Å². The number of phenols is 1. The van der Waals surface area contributed by atoms with Gasteiger partial charge in [0.1, 0.15) is 5.75 Å². The number of aromatic carboxylic acids is 1. The van der Waals surface area contributed by atoms with Gasteiger partial charge in [0.05, 0.1) is 11.1 Å². The van der Waals surface area contributed by atoms with Gasteiger partial charge in [-0.2, -0.15) is 0 Å². The molecule has 0 radical (unpaired) electrons. The Morgan fingerprint density at radius 2 is 2.00 bits per heavy atom. The zero-order chi connectivity index (χ0) is 12.7. The van der Waals surface area contributed by atoms with Crippen molar-refractivity contribution >= 4 is 16.9 Å². The van der Waals surface area contributed by atoms with Gasteiger partial charge in [-0.25, -0.2) is 4.79 Å². The standard InChI is InChI=1S/C14H13NO3/c16-8-5-6-12-10(7-8)13(14(17)18)9-3-1-2-4-11(9)15-12/h5-7,16H,1-4H2,(H,17,18). The van der Waals surface area contributed by atoms with E-state index in [-0.39, 0.29) is 5.75 Å². The fourth-order valence-corrected chi connectivity index (χ4v) is 2.66. The highest BCUT2D eigenvalue weighted by Crippen LogP contribution is 2.30. The molecular formula is C14H13NO3. The van der Waals surface area contributed by atoms with E-state index in [1.54, 1.807) is 6.07 Å². The van der Waals surface area contributed by atoms with Gasteiger partial charge in [0, 0.05) is 11.1 Å². The molecule has 2 aromatic rings. The summed E-state index contributed by atoms with van der Waals surface area (Å²) in [6.07, 6.45) is 3.66. The number of nitrogens with zero attached hydrogens (tertiary/aromatic N) is 1. The van der Waals surface area contributed by atoms with E-state index < -0.39 is 5.97 Å². The number of aromatic hydroxyl groups is 1. The number of carboxylic acids is 1. The van der Waals surface area contributed by atoms with Crippen molar-refractivity contribution in [2.75, 3.05) is 0 Å². The molecule has 1 heterocycles. The Morgan fingerprint density at radius 3 is 2.78 bits per heavy atom. The van der Waals surface area contributed by atoms with Crippen LogP contribution in [0.1, 0.15) is 34.5 Å². The van der Waals surface area contributed by atoms with Crippen LogP contribution in [0.3, 0.4) is 0 Å². The molecule has 4 heteroatoms. The molecule has 0 saturated heterocycles. The lowest BCUT2D eigenvalue weighted by Crippen LogP contribution is -2.13. The van der Waals surface area contributed by atoms with Crippen LogP contribution >= 0.6 is 0 Å². The van der Waals surface area contributed by atoms with E-state index in [1.807, 2.05) is 0 Å². The van der Waals surface area contributed by atoms with Crippen molar-refractivity contribution in [1.82, 2.24) is 4.98 Å². The molecule has 1 aromatic heterocycles. The molecule has 1 aromatic carbocycles. The van der Waals surface area contributed by atoms with Crippen LogP contribution in [0, 0.1) is 0 Å². The largest absolute Gasteiger partial charge is 0.508 e. The first-order valence-corrected chi connectivity index (χ1v) is 6.04. The number of hydrogen-bond acceptors (Lipinski definition) is 3. The molecule has 1 aliphatic carbocycles. The van der Waals surface area contributed by atoms with Gasteiger partial charge in [-0.15, -0.1) is 0 Å². The maximum Gasteiger partial charge on any atom is 0.336 e. The number of pyridine rings is 1. The van der Waals surface area contributed by atoms with E-state index in [0.717, 1.165) is 36.9 Å². The maximum atomic E-state index is 11.5. The van der Waals surface area contributed by atoms with Gasteiger partial charge in [-0.1, -0.05) is 0 Å². The number of fused-ring (bicyclic) bond motifs is 2. The van der Waals surface area contributed by atoms with Crippen molar-refractivity contribution in [3.63, 3.8) is 0 Å². The Labute approximate surface area is 104 Å². The van der Waals surface area contributed by atoms with Crippen molar-refractivity contribution in [3.8, 4) is 5.75 Å². The molecule has 0 spiro atoms. The first-order valence-electron chi connectivity index (χ1n) is 6.04. The second kappa shape index (κ2) is 3.98. The summed E-state index contributed by atoms with van der Waals surface area (Å²) in [7, 11) is 0. The molecule has 0 saturated carbocycles. The van der Waals surface area contributed by atoms with Crippen molar-refractivity contribution in [2.45, 2.75) is 25.7 Å². The minimum absolute atomic E-state index is 0.0718.